The fourth-order valence-electron chi connectivity index (χ4n) is 9.78. The summed E-state index contributed by atoms with van der Waals surface area (Å²) < 4.78 is 22.6. The topological polar surface area (TPSA) is 280 Å². The van der Waals surface area contributed by atoms with Crippen LogP contribution in [0.15, 0.2) is 88.0 Å². The Morgan fingerprint density at radius 3 is 1.47 bits per heavy atom. The second kappa shape index (κ2) is 29.7. The molecule has 3 fully saturated rings. The lowest BCUT2D eigenvalue weighted by molar-refractivity contribution is 0.413. The van der Waals surface area contributed by atoms with E-state index in [1.165, 1.54) is 43.2 Å². The van der Waals surface area contributed by atoms with Crippen molar-refractivity contribution in [2.75, 3.05) is 63.3 Å². The number of anilines is 2. The predicted molar refractivity (Wildman–Crippen MR) is 357 cm³/mol. The Balaban J connectivity index is 0.000000140. The number of nitrogens with one attached hydrogen (secondary N) is 2. The van der Waals surface area contributed by atoms with Crippen molar-refractivity contribution in [1.29, 1.82) is 0 Å². The lowest BCUT2D eigenvalue weighted by atomic mass is 9.77. The molecule has 0 radical (unpaired) electrons. The van der Waals surface area contributed by atoms with Crippen LogP contribution in [0.2, 0.25) is 0 Å². The van der Waals surface area contributed by atoms with Gasteiger partial charge in [-0.1, -0.05) is 12.0 Å². The van der Waals surface area contributed by atoms with Crippen LogP contribution in [0.25, 0.3) is 61.6 Å². The molecule has 0 unspecified atom stereocenters. The minimum absolute atomic E-state index is 0.226. The number of ether oxygens (including phenoxy) is 2. The first-order valence-corrected chi connectivity index (χ1v) is 30.4. The summed E-state index contributed by atoms with van der Waals surface area (Å²) in [6.45, 7) is 17.9. The SMILES string of the molecule is C#CC#CC#CC.C1CNC1.COc1ccc(-c2c(-c3nc(C)n4ncnc(N5CCC5)c34)cnn2C)c(C)c1.COc1ccc(B(O)O)c(C)c1.Cc1nc(-c2cnn(C)c2Br)c2c(=O)[nH]cnn12.Cc1nc(-c2cnn(C)c2Br)c2c(N3CCC3)ncnn12. The largest absolute Gasteiger partial charge is 0.497 e. The van der Waals surface area contributed by atoms with E-state index in [0.717, 1.165) is 132 Å². The van der Waals surface area contributed by atoms with Gasteiger partial charge in [-0.3, -0.25) is 18.8 Å². The van der Waals surface area contributed by atoms with Crippen LogP contribution in [0, 0.1) is 70.6 Å². The van der Waals surface area contributed by atoms with Gasteiger partial charge >= 0.3 is 7.12 Å². The van der Waals surface area contributed by atoms with Crippen LogP contribution < -0.4 is 35.6 Å². The first-order chi connectivity index (χ1) is 43.9. The zero-order chi connectivity index (χ0) is 65.0. The number of rotatable bonds is 9. The summed E-state index contributed by atoms with van der Waals surface area (Å²) >= 11 is 7.00. The average molecular weight is 1360 g/mol. The molecule has 4 N–H and O–H groups in total. The highest BCUT2D eigenvalue weighted by Gasteiger charge is 2.28. The lowest BCUT2D eigenvalue weighted by Crippen LogP contribution is -2.38. The molecular weight excluding hydrogens is 1290 g/mol. The Morgan fingerprint density at radius 2 is 1.05 bits per heavy atom. The third kappa shape index (κ3) is 14.3. The highest BCUT2D eigenvalue weighted by Crippen LogP contribution is 2.40. The molecule has 0 amide bonds. The Labute approximate surface area is 542 Å². The van der Waals surface area contributed by atoms with E-state index in [1.807, 2.05) is 66.2 Å². The van der Waals surface area contributed by atoms with E-state index in [2.05, 4.69) is 145 Å². The molecule has 0 spiro atoms. The van der Waals surface area contributed by atoms with Gasteiger partial charge in [-0.05, 0) is 176 Å². The first-order valence-electron chi connectivity index (χ1n) is 28.9. The molecular formula is C62H68BBr2N21O5. The number of H-pyrrole nitrogens is 1. The van der Waals surface area contributed by atoms with Gasteiger partial charge in [0.2, 0.25) is 0 Å². The van der Waals surface area contributed by atoms with E-state index in [0.29, 0.717) is 22.5 Å². The molecule has 9 aromatic heterocycles. The van der Waals surface area contributed by atoms with E-state index < -0.39 is 7.12 Å². The lowest BCUT2D eigenvalue weighted by Gasteiger charge is -2.32. The van der Waals surface area contributed by atoms with Crippen LogP contribution in [0.1, 0.15) is 54.8 Å². The first kappa shape index (κ1) is 65.7. The zero-order valence-electron chi connectivity index (χ0n) is 52.3. The number of nitrogens with zero attached hydrogens (tertiary/aromatic N) is 19. The Bertz CT molecular complexity index is 4630. The number of hydrogen-bond acceptors (Lipinski definition) is 19. The molecule has 2 aromatic carbocycles. The number of aromatic nitrogens is 18. The molecule has 3 aliphatic heterocycles. The molecule has 26 nitrogen and oxygen atoms in total. The summed E-state index contributed by atoms with van der Waals surface area (Å²) in [5, 5.41) is 46.7. The molecule has 3 aliphatic rings. The molecule has 0 bridgehead atoms. The average Bonchev–Trinajstić information content (AvgIpc) is 1.64. The number of benzene rings is 2. The van der Waals surface area contributed by atoms with Gasteiger partial charge < -0.3 is 39.6 Å². The van der Waals surface area contributed by atoms with Crippen LogP contribution in [0.4, 0.5) is 11.6 Å². The van der Waals surface area contributed by atoms with Crippen LogP contribution in [-0.4, -0.2) is 159 Å². The van der Waals surface area contributed by atoms with Gasteiger partial charge in [0.1, 0.15) is 85.3 Å². The smallest absolute Gasteiger partial charge is 0.488 e. The summed E-state index contributed by atoms with van der Waals surface area (Å²) in [4.78, 5) is 42.0. The highest BCUT2D eigenvalue weighted by molar-refractivity contribution is 9.10. The number of terminal acetylenes is 1. The third-order valence-corrected chi connectivity index (χ3v) is 16.9. The van der Waals surface area contributed by atoms with E-state index in [-0.39, 0.29) is 5.56 Å². The standard InChI is InChI=1S/C21H23N7O.C13H14BrN7.C10H9BrN6O.C8H11BO3.C7H4.C3H7N/c1-13-10-15(29-4)6-7-16(13)19-17(11-23-26(19)3)18-20-21(27-8-5-9-27)22-12-24-28(20)14(2)25-18;1-8-18-10(9-6-16-19(2)12(9)14)11-13(20-4-3-5-20)15-7-17-21(8)11;1-5-15-7(6-3-13-16(2)9(6)11)8-10(18)12-4-14-17(5)8;1-6-5-7(12-2)3-4-8(6)9(10)11;1-3-5-7-6-4-2;1-2-4-3-1/h6-7,10-12H,5,8-9H2,1-4H3;6-7H,3-5H2,1-2H3;3-4H,1-2H3,(H,12,14,18);3-5,10-11H,1-2H3;1H,2H3;4H,1-3H2. The fourth-order valence-corrected chi connectivity index (χ4v) is 10.5. The van der Waals surface area contributed by atoms with Crippen LogP contribution in [-0.2, 0) is 21.1 Å². The Kier molecular flexibility index (Phi) is 21.5. The molecule has 0 atom stereocenters. The number of methoxy groups -OCH3 is 2. The fraction of sp³-hybridized carbons (Fsp3) is 0.323. The minimum atomic E-state index is -1.41. The summed E-state index contributed by atoms with van der Waals surface area (Å²) in [5.41, 5.74) is 11.6. The Hall–Kier alpha value is -9.70. The number of fused-ring (bicyclic) bond motifs is 3. The maximum absolute atomic E-state index is 11.9. The molecule has 12 heterocycles. The molecule has 3 saturated heterocycles. The van der Waals surface area contributed by atoms with Gasteiger partial charge in [0.15, 0.2) is 17.2 Å². The van der Waals surface area contributed by atoms with E-state index >= 15 is 0 Å². The monoisotopic (exact) mass is 1360 g/mol. The molecule has 14 rings (SSSR count). The van der Waals surface area contributed by atoms with Crippen molar-refractivity contribution >= 4 is 72.6 Å². The number of halogens is 2. The number of aryl methyl sites for hydroxylation is 8. The number of imidazole rings is 3. The van der Waals surface area contributed by atoms with E-state index in [9.17, 15) is 4.79 Å². The van der Waals surface area contributed by atoms with E-state index in [1.54, 1.807) is 88.5 Å². The van der Waals surface area contributed by atoms with Crippen molar-refractivity contribution in [2.24, 2.45) is 21.1 Å². The van der Waals surface area contributed by atoms with Gasteiger partial charge in [-0.2, -0.15) is 30.6 Å². The second-order valence-corrected chi connectivity index (χ2v) is 22.4. The van der Waals surface area contributed by atoms with Crippen LogP contribution >= 0.6 is 31.9 Å². The van der Waals surface area contributed by atoms with Crippen molar-refractivity contribution < 1.29 is 19.5 Å². The van der Waals surface area contributed by atoms with Crippen molar-refractivity contribution in [3.05, 3.63) is 122 Å². The van der Waals surface area contributed by atoms with Crippen LogP contribution in [0.3, 0.4) is 0 Å². The van der Waals surface area contributed by atoms with E-state index in [4.69, 9.17) is 30.9 Å². The summed E-state index contributed by atoms with van der Waals surface area (Å²) in [5.74, 6) is 17.8. The molecule has 0 aliphatic carbocycles. The molecule has 0 saturated carbocycles. The van der Waals surface area contributed by atoms with Crippen molar-refractivity contribution in [3.63, 3.8) is 0 Å². The summed E-state index contributed by atoms with van der Waals surface area (Å²) in [6.07, 6.45) is 18.5. The maximum atomic E-state index is 11.9. The summed E-state index contributed by atoms with van der Waals surface area (Å²) in [7, 11) is 7.51. The quantitative estimate of drug-likeness (QED) is 0.0948. The second-order valence-electron chi connectivity index (χ2n) is 20.9. The van der Waals surface area contributed by atoms with Gasteiger partial charge in [-0.25, -0.2) is 38.5 Å². The van der Waals surface area contributed by atoms with Crippen molar-refractivity contribution in [2.45, 2.75) is 60.8 Å². The number of hydrogen-bond donors (Lipinski definition) is 4. The predicted octanol–water partition coefficient (Wildman–Crippen LogP) is 6.03. The number of aromatic amines is 1. The van der Waals surface area contributed by atoms with Gasteiger partial charge in [0.25, 0.3) is 5.56 Å². The molecule has 29 heteroatoms. The van der Waals surface area contributed by atoms with Gasteiger partial charge in [0, 0.05) is 58.4 Å². The van der Waals surface area contributed by atoms with Gasteiger partial charge in [-0.15, -0.1) is 6.42 Å². The normalized spacial score (nSPS) is 12.6. The summed E-state index contributed by atoms with van der Waals surface area (Å²) in [6, 6.07) is 11.2. The van der Waals surface area contributed by atoms with Crippen molar-refractivity contribution in [3.8, 4) is 92.6 Å². The zero-order valence-corrected chi connectivity index (χ0v) is 55.5. The van der Waals surface area contributed by atoms with Crippen LogP contribution in [0.5, 0.6) is 11.5 Å². The third-order valence-electron chi connectivity index (χ3n) is 15.0. The molecule has 11 aromatic rings. The Morgan fingerprint density at radius 1 is 0.593 bits per heavy atom. The van der Waals surface area contributed by atoms with Crippen molar-refractivity contribution in [1.82, 2.24) is 93.4 Å². The maximum Gasteiger partial charge on any atom is 0.488 e. The van der Waals surface area contributed by atoms with Gasteiger partial charge in [0.05, 0.1) is 49.6 Å². The molecule has 468 valence electrons. The minimum Gasteiger partial charge on any atom is -0.497 e. The molecule has 91 heavy (non-hydrogen) atoms. The highest BCUT2D eigenvalue weighted by atomic mass is 79.9.